The molecule has 0 amide bonds. The molecule has 0 unspecified atom stereocenters. The van der Waals surface area contributed by atoms with Gasteiger partial charge in [0.2, 0.25) is 0 Å². The fourth-order valence-corrected chi connectivity index (χ4v) is 3.84. The summed E-state index contributed by atoms with van der Waals surface area (Å²) in [4.78, 5) is 4.82. The highest BCUT2D eigenvalue weighted by molar-refractivity contribution is 5.27. The SMILES string of the molecule is COc1ccc(CN2CC[C@@H]3[C@@H](CO[C@H]3CN(C)C)C2)cc1. The monoisotopic (exact) mass is 304 g/mol. The lowest BCUT2D eigenvalue weighted by molar-refractivity contribution is 0.0626. The first-order valence-corrected chi connectivity index (χ1v) is 8.27. The Bertz CT molecular complexity index is 474. The average molecular weight is 304 g/mol. The Hall–Kier alpha value is -1.10. The summed E-state index contributed by atoms with van der Waals surface area (Å²) in [7, 11) is 5.98. The number of ether oxygens (including phenoxy) is 2. The zero-order valence-electron chi connectivity index (χ0n) is 14.0. The van der Waals surface area contributed by atoms with Crippen LogP contribution in [-0.4, -0.2) is 63.4 Å². The minimum atomic E-state index is 0.433. The van der Waals surface area contributed by atoms with Gasteiger partial charge in [-0.05, 0) is 50.7 Å². The lowest BCUT2D eigenvalue weighted by Crippen LogP contribution is -2.42. The molecule has 3 atom stereocenters. The van der Waals surface area contributed by atoms with Gasteiger partial charge in [-0.1, -0.05) is 12.1 Å². The van der Waals surface area contributed by atoms with Crippen LogP contribution in [0.4, 0.5) is 0 Å². The number of hydrogen-bond acceptors (Lipinski definition) is 4. The molecule has 2 aliphatic heterocycles. The maximum Gasteiger partial charge on any atom is 0.118 e. The van der Waals surface area contributed by atoms with Crippen molar-refractivity contribution in [1.29, 1.82) is 0 Å². The molecule has 2 aliphatic rings. The Kier molecular flexibility index (Phi) is 5.01. The minimum Gasteiger partial charge on any atom is -0.497 e. The highest BCUT2D eigenvalue weighted by Gasteiger charge is 2.40. The zero-order chi connectivity index (χ0) is 15.5. The van der Waals surface area contributed by atoms with Crippen molar-refractivity contribution in [2.45, 2.75) is 19.1 Å². The van der Waals surface area contributed by atoms with Crippen molar-refractivity contribution in [1.82, 2.24) is 9.80 Å². The van der Waals surface area contributed by atoms with Gasteiger partial charge in [0.1, 0.15) is 5.75 Å². The Morgan fingerprint density at radius 2 is 2.05 bits per heavy atom. The van der Waals surface area contributed by atoms with Crippen LogP contribution in [-0.2, 0) is 11.3 Å². The van der Waals surface area contributed by atoms with E-state index in [4.69, 9.17) is 9.47 Å². The predicted octanol–water partition coefficient (Wildman–Crippen LogP) is 2.09. The van der Waals surface area contributed by atoms with Crippen molar-refractivity contribution < 1.29 is 9.47 Å². The number of likely N-dealkylation sites (tertiary alicyclic amines) is 1. The van der Waals surface area contributed by atoms with Gasteiger partial charge in [0.15, 0.2) is 0 Å². The molecular formula is C18H28N2O2. The van der Waals surface area contributed by atoms with Crippen molar-refractivity contribution in [3.63, 3.8) is 0 Å². The Morgan fingerprint density at radius 1 is 1.27 bits per heavy atom. The van der Waals surface area contributed by atoms with Crippen LogP contribution >= 0.6 is 0 Å². The molecular weight excluding hydrogens is 276 g/mol. The first kappa shape index (κ1) is 15.8. The molecule has 3 rings (SSSR count). The van der Waals surface area contributed by atoms with E-state index in [9.17, 15) is 0 Å². The van der Waals surface area contributed by atoms with Gasteiger partial charge in [-0.2, -0.15) is 0 Å². The third kappa shape index (κ3) is 3.62. The number of hydrogen-bond donors (Lipinski definition) is 0. The van der Waals surface area contributed by atoms with Gasteiger partial charge in [-0.15, -0.1) is 0 Å². The number of fused-ring (bicyclic) bond motifs is 1. The van der Waals surface area contributed by atoms with Crippen LogP contribution in [0.3, 0.4) is 0 Å². The first-order chi connectivity index (χ1) is 10.7. The van der Waals surface area contributed by atoms with Crippen molar-refractivity contribution in [2.24, 2.45) is 11.8 Å². The topological polar surface area (TPSA) is 24.9 Å². The highest BCUT2D eigenvalue weighted by atomic mass is 16.5. The highest BCUT2D eigenvalue weighted by Crippen LogP contribution is 2.35. The molecule has 0 spiro atoms. The normalized spacial score (nSPS) is 28.8. The van der Waals surface area contributed by atoms with Gasteiger partial charge >= 0.3 is 0 Å². The van der Waals surface area contributed by atoms with Gasteiger partial charge < -0.3 is 14.4 Å². The number of methoxy groups -OCH3 is 1. The number of nitrogens with zero attached hydrogens (tertiary/aromatic N) is 2. The summed E-state index contributed by atoms with van der Waals surface area (Å²) >= 11 is 0. The van der Waals surface area contributed by atoms with E-state index in [0.717, 1.165) is 31.4 Å². The van der Waals surface area contributed by atoms with Crippen LogP contribution in [0.1, 0.15) is 12.0 Å². The zero-order valence-corrected chi connectivity index (χ0v) is 14.0. The van der Waals surface area contributed by atoms with E-state index in [1.807, 2.05) is 12.1 Å². The van der Waals surface area contributed by atoms with Crippen LogP contribution in [0.2, 0.25) is 0 Å². The summed E-state index contributed by atoms with van der Waals surface area (Å²) in [6, 6.07) is 8.44. The fraction of sp³-hybridized carbons (Fsp3) is 0.667. The third-order valence-electron chi connectivity index (χ3n) is 4.99. The van der Waals surface area contributed by atoms with Gasteiger partial charge in [0, 0.05) is 25.6 Å². The van der Waals surface area contributed by atoms with Crippen LogP contribution in [0.25, 0.3) is 0 Å². The molecule has 122 valence electrons. The van der Waals surface area contributed by atoms with E-state index < -0.39 is 0 Å². The Labute approximate surface area is 134 Å². The smallest absolute Gasteiger partial charge is 0.118 e. The van der Waals surface area contributed by atoms with E-state index in [2.05, 4.69) is 36.0 Å². The second-order valence-electron chi connectivity index (χ2n) is 6.93. The number of piperidine rings is 1. The summed E-state index contributed by atoms with van der Waals surface area (Å²) in [6.45, 7) is 5.37. The van der Waals surface area contributed by atoms with Crippen molar-refractivity contribution in [2.75, 3.05) is 47.4 Å². The molecule has 2 saturated heterocycles. The summed E-state index contributed by atoms with van der Waals surface area (Å²) < 4.78 is 11.3. The largest absolute Gasteiger partial charge is 0.497 e. The van der Waals surface area contributed by atoms with Crippen molar-refractivity contribution >= 4 is 0 Å². The number of benzene rings is 1. The molecule has 0 aliphatic carbocycles. The van der Waals surface area contributed by atoms with Crippen molar-refractivity contribution in [3.05, 3.63) is 29.8 Å². The lowest BCUT2D eigenvalue weighted by Gasteiger charge is -2.36. The van der Waals surface area contributed by atoms with Gasteiger partial charge in [0.05, 0.1) is 19.8 Å². The Morgan fingerprint density at radius 3 is 2.73 bits per heavy atom. The maximum absolute atomic E-state index is 6.05. The standard InChI is InChI=1S/C18H28N2O2/c1-19(2)12-18-17-8-9-20(11-15(17)13-22-18)10-14-4-6-16(21-3)7-5-14/h4-7,15,17-18H,8-13H2,1-3H3/t15-,17-,18+/m1/s1. The molecule has 0 aromatic heterocycles. The van der Waals surface area contributed by atoms with Gasteiger partial charge in [0.25, 0.3) is 0 Å². The van der Waals surface area contributed by atoms with Crippen LogP contribution < -0.4 is 4.74 Å². The quantitative estimate of drug-likeness (QED) is 0.832. The molecule has 0 saturated carbocycles. The molecule has 4 heteroatoms. The first-order valence-electron chi connectivity index (χ1n) is 8.27. The molecule has 0 bridgehead atoms. The van der Waals surface area contributed by atoms with E-state index in [-0.39, 0.29) is 0 Å². The van der Waals surface area contributed by atoms with E-state index in [0.29, 0.717) is 12.0 Å². The van der Waals surface area contributed by atoms with E-state index in [1.165, 1.54) is 25.1 Å². The summed E-state index contributed by atoms with van der Waals surface area (Å²) in [6.07, 6.45) is 1.70. The number of likely N-dealkylation sites (N-methyl/N-ethyl adjacent to an activating group) is 1. The molecule has 4 nitrogen and oxygen atoms in total. The second-order valence-corrected chi connectivity index (χ2v) is 6.93. The molecule has 1 aromatic rings. The van der Waals surface area contributed by atoms with Crippen molar-refractivity contribution in [3.8, 4) is 5.75 Å². The summed E-state index contributed by atoms with van der Waals surface area (Å²) in [5.41, 5.74) is 1.36. The Balaban J connectivity index is 1.54. The molecule has 22 heavy (non-hydrogen) atoms. The third-order valence-corrected chi connectivity index (χ3v) is 4.99. The summed E-state index contributed by atoms with van der Waals surface area (Å²) in [5.74, 6) is 2.38. The average Bonchev–Trinajstić information content (AvgIpc) is 2.90. The number of rotatable bonds is 5. The van der Waals surface area contributed by atoms with Crippen LogP contribution in [0.15, 0.2) is 24.3 Å². The predicted molar refractivity (Wildman–Crippen MR) is 88.2 cm³/mol. The van der Waals surface area contributed by atoms with Gasteiger partial charge in [-0.25, -0.2) is 0 Å². The summed E-state index contributed by atoms with van der Waals surface area (Å²) in [5, 5.41) is 0. The van der Waals surface area contributed by atoms with E-state index in [1.54, 1.807) is 7.11 Å². The molecule has 0 N–H and O–H groups in total. The lowest BCUT2D eigenvalue weighted by atomic mass is 9.84. The molecule has 2 fully saturated rings. The van der Waals surface area contributed by atoms with Crippen LogP contribution in [0, 0.1) is 11.8 Å². The minimum absolute atomic E-state index is 0.433. The second kappa shape index (κ2) is 6.99. The molecule has 2 heterocycles. The maximum atomic E-state index is 6.05. The van der Waals surface area contributed by atoms with Crippen LogP contribution in [0.5, 0.6) is 5.75 Å². The fourth-order valence-electron chi connectivity index (χ4n) is 3.84. The molecule has 1 aromatic carbocycles. The molecule has 0 radical (unpaired) electrons. The van der Waals surface area contributed by atoms with E-state index >= 15 is 0 Å². The van der Waals surface area contributed by atoms with Gasteiger partial charge in [-0.3, -0.25) is 4.90 Å².